The van der Waals surface area contributed by atoms with Gasteiger partial charge in [-0.2, -0.15) is 11.8 Å². The van der Waals surface area contributed by atoms with Crippen LogP contribution in [0.2, 0.25) is 0 Å². The molecule has 20 heavy (non-hydrogen) atoms. The van der Waals surface area contributed by atoms with Crippen molar-refractivity contribution in [3.63, 3.8) is 0 Å². The van der Waals surface area contributed by atoms with Gasteiger partial charge in [-0.1, -0.05) is 0 Å². The Hall–Kier alpha value is -0.760. The van der Waals surface area contributed by atoms with Crippen LogP contribution in [0.15, 0.2) is 17.0 Å². The van der Waals surface area contributed by atoms with Gasteiger partial charge in [0, 0.05) is 17.5 Å². The van der Waals surface area contributed by atoms with Crippen molar-refractivity contribution in [2.24, 2.45) is 5.84 Å². The molecule has 1 aliphatic rings. The molecule has 112 valence electrons. The van der Waals surface area contributed by atoms with Crippen molar-refractivity contribution in [1.82, 2.24) is 4.72 Å². The number of hydrogen-bond acceptors (Lipinski definition) is 5. The number of rotatable bonds is 4. The van der Waals surface area contributed by atoms with Crippen molar-refractivity contribution in [1.29, 1.82) is 0 Å². The molecule has 1 aromatic rings. The Balaban J connectivity index is 2.29. The number of benzene rings is 1. The van der Waals surface area contributed by atoms with Crippen LogP contribution in [0.3, 0.4) is 0 Å². The van der Waals surface area contributed by atoms with Gasteiger partial charge < -0.3 is 5.43 Å². The van der Waals surface area contributed by atoms with Gasteiger partial charge in [-0.05, 0) is 55.7 Å². The first kappa shape index (κ1) is 15.6. The zero-order valence-electron chi connectivity index (χ0n) is 11.8. The smallest absolute Gasteiger partial charge is 0.241 e. The minimum Gasteiger partial charge on any atom is -0.324 e. The monoisotopic (exact) mass is 315 g/mol. The van der Waals surface area contributed by atoms with E-state index in [4.69, 9.17) is 5.84 Å². The fourth-order valence-electron chi connectivity index (χ4n) is 2.57. The number of hydrazine groups is 1. The van der Waals surface area contributed by atoms with Gasteiger partial charge in [-0.3, -0.25) is 5.84 Å². The van der Waals surface area contributed by atoms with Crippen molar-refractivity contribution < 1.29 is 8.42 Å². The van der Waals surface area contributed by atoms with Crippen LogP contribution in [0.1, 0.15) is 24.0 Å². The van der Waals surface area contributed by atoms with Crippen LogP contribution in [0.4, 0.5) is 5.69 Å². The Morgan fingerprint density at radius 2 is 1.95 bits per heavy atom. The quantitative estimate of drug-likeness (QED) is 0.582. The SMILES string of the molecule is Cc1cc(NN)cc(C)c1S(=O)(=O)NC1CCCSC1. The number of nitrogens with two attached hydrogens (primary N) is 1. The zero-order chi connectivity index (χ0) is 14.8. The molecule has 7 heteroatoms. The van der Waals surface area contributed by atoms with Crippen molar-refractivity contribution >= 4 is 27.5 Å². The van der Waals surface area contributed by atoms with Crippen LogP contribution in [-0.4, -0.2) is 26.0 Å². The molecule has 1 saturated heterocycles. The molecule has 1 aromatic carbocycles. The Morgan fingerprint density at radius 1 is 1.30 bits per heavy atom. The third-order valence-electron chi connectivity index (χ3n) is 3.38. The molecule has 0 saturated carbocycles. The van der Waals surface area contributed by atoms with E-state index in [-0.39, 0.29) is 6.04 Å². The van der Waals surface area contributed by atoms with Crippen LogP contribution in [-0.2, 0) is 10.0 Å². The fourth-order valence-corrected chi connectivity index (χ4v) is 5.47. The van der Waals surface area contributed by atoms with Crippen LogP contribution in [0.25, 0.3) is 0 Å². The Kier molecular flexibility index (Phi) is 4.95. The second-order valence-corrected chi connectivity index (χ2v) is 7.92. The summed E-state index contributed by atoms with van der Waals surface area (Å²) in [6.07, 6.45) is 1.97. The van der Waals surface area contributed by atoms with Crippen LogP contribution in [0, 0.1) is 13.8 Å². The average Bonchev–Trinajstić information content (AvgIpc) is 2.37. The van der Waals surface area contributed by atoms with Gasteiger partial charge in [0.15, 0.2) is 0 Å². The Labute approximate surface area is 124 Å². The molecular formula is C13H21N3O2S2. The Morgan fingerprint density at radius 3 is 2.45 bits per heavy atom. The normalized spacial score (nSPS) is 19.9. The summed E-state index contributed by atoms with van der Waals surface area (Å²) < 4.78 is 28.0. The summed E-state index contributed by atoms with van der Waals surface area (Å²) in [5, 5.41) is 0. The topological polar surface area (TPSA) is 84.2 Å². The summed E-state index contributed by atoms with van der Waals surface area (Å²) in [7, 11) is -3.48. The predicted molar refractivity (Wildman–Crippen MR) is 84.4 cm³/mol. The van der Waals surface area contributed by atoms with Crippen molar-refractivity contribution in [3.8, 4) is 0 Å². The molecule has 0 radical (unpaired) electrons. The second-order valence-electron chi connectivity index (χ2n) is 5.12. The van der Waals surface area contributed by atoms with Crippen molar-refractivity contribution in [2.45, 2.75) is 37.6 Å². The van der Waals surface area contributed by atoms with E-state index in [1.165, 1.54) is 0 Å². The second kappa shape index (κ2) is 6.34. The highest BCUT2D eigenvalue weighted by Crippen LogP contribution is 2.25. The first-order valence-corrected chi connectivity index (χ1v) is 9.26. The molecule has 2 rings (SSSR count). The van der Waals surface area contributed by atoms with Crippen LogP contribution < -0.4 is 16.0 Å². The highest BCUT2D eigenvalue weighted by Gasteiger charge is 2.25. The highest BCUT2D eigenvalue weighted by atomic mass is 32.2. The predicted octanol–water partition coefficient (Wildman–Crippen LogP) is 1.76. The van der Waals surface area contributed by atoms with Crippen LogP contribution >= 0.6 is 11.8 Å². The van der Waals surface area contributed by atoms with Gasteiger partial charge >= 0.3 is 0 Å². The molecular weight excluding hydrogens is 294 g/mol. The first-order chi connectivity index (χ1) is 9.44. The molecule has 0 bridgehead atoms. The minimum atomic E-state index is -3.48. The van der Waals surface area contributed by atoms with E-state index < -0.39 is 10.0 Å². The van der Waals surface area contributed by atoms with E-state index in [1.54, 1.807) is 37.7 Å². The molecule has 0 amide bonds. The lowest BCUT2D eigenvalue weighted by molar-refractivity contribution is 0.542. The van der Waals surface area contributed by atoms with E-state index in [9.17, 15) is 8.42 Å². The maximum absolute atomic E-state index is 12.6. The number of nitrogen functional groups attached to an aromatic ring is 1. The maximum Gasteiger partial charge on any atom is 0.241 e. The number of nitrogens with one attached hydrogen (secondary N) is 2. The molecule has 1 fully saturated rings. The molecule has 1 unspecified atom stereocenters. The Bertz CT molecular complexity index is 558. The largest absolute Gasteiger partial charge is 0.324 e. The van der Waals surface area contributed by atoms with E-state index in [0.717, 1.165) is 24.3 Å². The van der Waals surface area contributed by atoms with Gasteiger partial charge in [0.2, 0.25) is 10.0 Å². The summed E-state index contributed by atoms with van der Waals surface area (Å²) in [6, 6.07) is 3.53. The molecule has 4 N–H and O–H groups in total. The molecule has 0 aromatic heterocycles. The van der Waals surface area contributed by atoms with E-state index in [0.29, 0.717) is 21.7 Å². The lowest BCUT2D eigenvalue weighted by atomic mass is 10.1. The standard InChI is InChI=1S/C13H21N3O2S2/c1-9-6-12(15-14)7-10(2)13(9)20(17,18)16-11-4-3-5-19-8-11/h6-7,11,15-16H,3-5,8,14H2,1-2H3. The lowest BCUT2D eigenvalue weighted by Gasteiger charge is -2.23. The summed E-state index contributed by atoms with van der Waals surface area (Å²) in [5.74, 6) is 7.34. The van der Waals surface area contributed by atoms with Gasteiger partial charge in [0.1, 0.15) is 0 Å². The highest BCUT2D eigenvalue weighted by molar-refractivity contribution is 7.99. The molecule has 5 nitrogen and oxygen atoms in total. The molecule has 0 spiro atoms. The van der Waals surface area contributed by atoms with Crippen LogP contribution in [0.5, 0.6) is 0 Å². The zero-order valence-corrected chi connectivity index (χ0v) is 13.4. The summed E-state index contributed by atoms with van der Waals surface area (Å²) in [6.45, 7) is 3.58. The van der Waals surface area contributed by atoms with Gasteiger partial charge in [-0.15, -0.1) is 0 Å². The molecule has 0 aliphatic carbocycles. The number of thioether (sulfide) groups is 1. The lowest BCUT2D eigenvalue weighted by Crippen LogP contribution is -2.38. The van der Waals surface area contributed by atoms with Crippen molar-refractivity contribution in [3.05, 3.63) is 23.3 Å². The minimum absolute atomic E-state index is 0.0323. The van der Waals surface area contributed by atoms with E-state index in [2.05, 4.69) is 10.1 Å². The number of sulfonamides is 1. The van der Waals surface area contributed by atoms with Gasteiger partial charge in [0.05, 0.1) is 4.90 Å². The molecule has 1 heterocycles. The summed E-state index contributed by atoms with van der Waals surface area (Å²) >= 11 is 1.80. The number of hydrogen-bond donors (Lipinski definition) is 3. The maximum atomic E-state index is 12.6. The van der Waals surface area contributed by atoms with Crippen molar-refractivity contribution in [2.75, 3.05) is 16.9 Å². The molecule has 1 aliphatic heterocycles. The summed E-state index contributed by atoms with van der Waals surface area (Å²) in [5.41, 5.74) is 4.67. The average molecular weight is 315 g/mol. The van der Waals surface area contributed by atoms with E-state index in [1.807, 2.05) is 0 Å². The fraction of sp³-hybridized carbons (Fsp3) is 0.538. The van der Waals surface area contributed by atoms with Gasteiger partial charge in [0.25, 0.3) is 0 Å². The molecule has 1 atom stereocenters. The number of aryl methyl sites for hydroxylation is 2. The third-order valence-corrected chi connectivity index (χ3v) is 6.42. The number of anilines is 1. The van der Waals surface area contributed by atoms with E-state index >= 15 is 0 Å². The van der Waals surface area contributed by atoms with Gasteiger partial charge in [-0.25, -0.2) is 13.1 Å². The first-order valence-electron chi connectivity index (χ1n) is 6.62. The summed E-state index contributed by atoms with van der Waals surface area (Å²) in [4.78, 5) is 0.368. The third kappa shape index (κ3) is 3.46.